The number of amides is 8. The van der Waals surface area contributed by atoms with E-state index in [1.165, 1.54) is 74.7 Å². The van der Waals surface area contributed by atoms with E-state index in [-0.39, 0.29) is 83.9 Å². The number of nitrogens with zero attached hydrogens (tertiary/aromatic N) is 4. The SMILES string of the molecule is C=CC[C@@H](C(=O)O)N1CC[C@](NC(C)=O)([C@@H](C)CC)C1=O.C=CC[C@@H](C(=O)OC)N1CC[C@](NC(C)=O)([C@@H](C)CC)C1=O.C=CC[C@H](C(=O)OC)N1CC[C@](NC(C)=O)([C@@H](C)CC)C1=O.CC[C@H](C)[C@@]1(NC(C)=O)CCN(CC(=O)OC)C1=O. The molecular formula is C60H98N8O16. The maximum Gasteiger partial charge on any atom is 0.328 e. The quantitative estimate of drug-likeness (QED) is 0.0464. The van der Waals surface area contributed by atoms with Gasteiger partial charge in [0.05, 0.1) is 21.3 Å². The van der Waals surface area contributed by atoms with E-state index in [0.717, 1.165) is 25.7 Å². The molecule has 4 aliphatic heterocycles. The topological polar surface area (TPSA) is 314 Å². The monoisotopic (exact) mass is 1190 g/mol. The zero-order chi connectivity index (χ0) is 64.7. The van der Waals surface area contributed by atoms with Gasteiger partial charge in [-0.15, -0.1) is 19.7 Å². The van der Waals surface area contributed by atoms with E-state index in [1.807, 2.05) is 55.4 Å². The van der Waals surface area contributed by atoms with E-state index < -0.39 is 64.2 Å². The Labute approximate surface area is 497 Å². The highest BCUT2D eigenvalue weighted by atomic mass is 16.5. The van der Waals surface area contributed by atoms with Gasteiger partial charge in [-0.25, -0.2) is 14.4 Å². The number of methoxy groups -OCH3 is 3. The number of carboxylic acid groups (broad SMARTS) is 1. The van der Waals surface area contributed by atoms with Gasteiger partial charge in [0, 0.05) is 53.9 Å². The summed E-state index contributed by atoms with van der Waals surface area (Å²) in [6.45, 7) is 33.6. The molecule has 4 saturated heterocycles. The molecule has 0 saturated carbocycles. The van der Waals surface area contributed by atoms with Crippen molar-refractivity contribution >= 4 is 71.1 Å². The molecule has 0 aromatic rings. The third-order valence-electron chi connectivity index (χ3n) is 17.1. The van der Waals surface area contributed by atoms with Crippen LogP contribution >= 0.6 is 0 Å². The number of nitrogens with one attached hydrogen (secondary N) is 4. The number of likely N-dealkylation sites (tertiary alicyclic amines) is 4. The average molecular weight is 1190 g/mol. The summed E-state index contributed by atoms with van der Waals surface area (Å²) in [6, 6.07) is -2.29. The molecule has 11 atom stereocenters. The van der Waals surface area contributed by atoms with Crippen molar-refractivity contribution in [1.82, 2.24) is 40.9 Å². The van der Waals surface area contributed by atoms with Crippen LogP contribution in [0, 0.1) is 23.7 Å². The Kier molecular flexibility index (Phi) is 30.3. The molecule has 5 N–H and O–H groups in total. The normalized spacial score (nSPS) is 24.1. The van der Waals surface area contributed by atoms with Crippen LogP contribution in [0.25, 0.3) is 0 Å². The smallest absolute Gasteiger partial charge is 0.328 e. The van der Waals surface area contributed by atoms with Crippen molar-refractivity contribution < 1.29 is 76.9 Å². The number of hydrogen-bond donors (Lipinski definition) is 5. The van der Waals surface area contributed by atoms with Crippen molar-refractivity contribution in [2.24, 2.45) is 23.7 Å². The van der Waals surface area contributed by atoms with Gasteiger partial charge in [-0.1, -0.05) is 99.3 Å². The van der Waals surface area contributed by atoms with E-state index in [0.29, 0.717) is 64.7 Å². The fourth-order valence-corrected chi connectivity index (χ4v) is 11.6. The van der Waals surface area contributed by atoms with Crippen LogP contribution in [0.2, 0.25) is 0 Å². The Morgan fingerprint density at radius 3 is 0.976 bits per heavy atom. The van der Waals surface area contributed by atoms with Crippen LogP contribution in [-0.2, 0) is 71.7 Å². The van der Waals surface area contributed by atoms with Gasteiger partial charge in [0.15, 0.2) is 0 Å². The molecule has 4 aliphatic rings. The minimum Gasteiger partial charge on any atom is -0.480 e. The van der Waals surface area contributed by atoms with Gasteiger partial charge in [-0.2, -0.15) is 0 Å². The molecule has 0 aromatic heterocycles. The molecule has 84 heavy (non-hydrogen) atoms. The predicted octanol–water partition coefficient (Wildman–Crippen LogP) is 4.00. The highest BCUT2D eigenvalue weighted by Crippen LogP contribution is 2.38. The number of hydrogen-bond acceptors (Lipinski definition) is 15. The molecule has 24 nitrogen and oxygen atoms in total. The summed E-state index contributed by atoms with van der Waals surface area (Å²) in [6.07, 6.45) is 10.5. The van der Waals surface area contributed by atoms with Crippen LogP contribution in [0.1, 0.15) is 154 Å². The molecule has 0 bridgehead atoms. The lowest BCUT2D eigenvalue weighted by Gasteiger charge is -2.35. The summed E-state index contributed by atoms with van der Waals surface area (Å²) in [5.74, 6) is -4.41. The number of esters is 3. The third kappa shape index (κ3) is 17.7. The Morgan fingerprint density at radius 1 is 0.476 bits per heavy atom. The lowest BCUT2D eigenvalue weighted by molar-refractivity contribution is -0.153. The van der Waals surface area contributed by atoms with Crippen LogP contribution in [0.15, 0.2) is 38.0 Å². The highest BCUT2D eigenvalue weighted by Gasteiger charge is 2.56. The maximum atomic E-state index is 13.0. The molecular weight excluding hydrogens is 1090 g/mol. The summed E-state index contributed by atoms with van der Waals surface area (Å²) in [5.41, 5.74) is -3.74. The summed E-state index contributed by atoms with van der Waals surface area (Å²) < 4.78 is 14.2. The van der Waals surface area contributed by atoms with Gasteiger partial charge in [0.2, 0.25) is 47.3 Å². The zero-order valence-corrected chi connectivity index (χ0v) is 52.6. The fourth-order valence-electron chi connectivity index (χ4n) is 11.6. The molecule has 0 aromatic carbocycles. The second kappa shape index (κ2) is 34.0. The van der Waals surface area contributed by atoms with Crippen LogP contribution in [0.5, 0.6) is 0 Å². The summed E-state index contributed by atoms with van der Waals surface area (Å²) in [5, 5.41) is 20.5. The minimum atomic E-state index is -1.05. The number of carbonyl (C=O) groups is 12. The molecule has 0 spiro atoms. The molecule has 4 fully saturated rings. The lowest BCUT2D eigenvalue weighted by Crippen LogP contribution is -2.59. The van der Waals surface area contributed by atoms with Gasteiger partial charge in [-0.05, 0) is 68.6 Å². The highest BCUT2D eigenvalue weighted by molar-refractivity contribution is 5.98. The summed E-state index contributed by atoms with van der Waals surface area (Å²) >= 11 is 0. The number of rotatable bonds is 26. The molecule has 0 aliphatic carbocycles. The molecule has 4 heterocycles. The predicted molar refractivity (Wildman–Crippen MR) is 314 cm³/mol. The first-order valence-corrected chi connectivity index (χ1v) is 29.0. The third-order valence-corrected chi connectivity index (χ3v) is 17.1. The zero-order valence-electron chi connectivity index (χ0n) is 52.6. The first-order valence-electron chi connectivity index (χ1n) is 29.0. The van der Waals surface area contributed by atoms with Crippen molar-refractivity contribution in [1.29, 1.82) is 0 Å². The standard InChI is InChI=1S/2C16H26N2O4.C15H24N2O4.C13H22N2O4/c2*1-6-8-13(14(20)22-5)18-10-9-16(15(18)21,11(3)7-2)17-12(4)19;1-5-7-12(13(19)20)17-9-8-15(14(17)21,10(3)6-2)16-11(4)18;1-5-9(2)13(14-10(3)16)6-7-15(12(13)18)8-11(17)19-4/h2*6,11,13H,1,7-10H2,2-5H3,(H,17,19);5,10,12H,1,6-9H2,2-4H3,(H,16,18)(H,19,20);9H,5-8H2,1-4H3,(H,14,16)/t11-,13+,16-;11-,13-,16-;10-,12-,15-;9-,13-/m0000/s1. The maximum absolute atomic E-state index is 13.0. The first kappa shape index (κ1) is 74.9. The van der Waals surface area contributed by atoms with Crippen LogP contribution < -0.4 is 21.3 Å². The van der Waals surface area contributed by atoms with Crippen molar-refractivity contribution in [2.45, 2.75) is 194 Å². The van der Waals surface area contributed by atoms with Gasteiger partial charge >= 0.3 is 23.9 Å². The Morgan fingerprint density at radius 2 is 0.738 bits per heavy atom. The molecule has 0 unspecified atom stereocenters. The largest absolute Gasteiger partial charge is 0.480 e. The lowest BCUT2D eigenvalue weighted by atomic mass is 9.81. The Bertz CT molecular complexity index is 2320. The average Bonchev–Trinajstić information content (AvgIpc) is 2.59. The van der Waals surface area contributed by atoms with Crippen molar-refractivity contribution in [3.63, 3.8) is 0 Å². The number of carboxylic acids is 1. The summed E-state index contributed by atoms with van der Waals surface area (Å²) in [7, 11) is 3.89. The van der Waals surface area contributed by atoms with E-state index in [9.17, 15) is 62.6 Å². The molecule has 8 amide bonds. The molecule has 24 heteroatoms. The van der Waals surface area contributed by atoms with Gasteiger partial charge in [0.1, 0.15) is 46.8 Å². The van der Waals surface area contributed by atoms with Crippen LogP contribution in [0.3, 0.4) is 0 Å². The van der Waals surface area contributed by atoms with E-state index in [2.05, 4.69) is 45.7 Å². The van der Waals surface area contributed by atoms with Gasteiger partial charge in [0.25, 0.3) is 0 Å². The van der Waals surface area contributed by atoms with Gasteiger partial charge < -0.3 is 60.2 Å². The second-order valence-electron chi connectivity index (χ2n) is 22.2. The Balaban J connectivity index is 0.000000561. The fraction of sp³-hybridized carbons (Fsp3) is 0.700. The summed E-state index contributed by atoms with van der Waals surface area (Å²) in [4.78, 5) is 150. The van der Waals surface area contributed by atoms with Crippen molar-refractivity contribution in [3.05, 3.63) is 38.0 Å². The van der Waals surface area contributed by atoms with Crippen LogP contribution in [-0.4, -0.2) is 190 Å². The van der Waals surface area contributed by atoms with E-state index in [1.54, 1.807) is 12.2 Å². The molecule has 4 rings (SSSR count). The minimum absolute atomic E-state index is 0.0177. The molecule has 0 radical (unpaired) electrons. The van der Waals surface area contributed by atoms with Crippen LogP contribution in [0.4, 0.5) is 0 Å². The van der Waals surface area contributed by atoms with E-state index >= 15 is 0 Å². The number of aliphatic carboxylic acids is 1. The van der Waals surface area contributed by atoms with E-state index in [4.69, 9.17) is 9.47 Å². The van der Waals surface area contributed by atoms with Gasteiger partial charge in [-0.3, -0.25) is 43.2 Å². The Hall–Kier alpha value is -7.14. The number of carbonyl (C=O) groups excluding carboxylic acids is 11. The number of ether oxygens (including phenoxy) is 3. The second-order valence-corrected chi connectivity index (χ2v) is 22.2. The molecule has 474 valence electrons. The first-order chi connectivity index (χ1) is 39.3. The van der Waals surface area contributed by atoms with Crippen molar-refractivity contribution in [2.75, 3.05) is 54.1 Å². The van der Waals surface area contributed by atoms with Crippen molar-refractivity contribution in [3.8, 4) is 0 Å².